The Morgan fingerprint density at radius 1 is 1.07 bits per heavy atom. The fourth-order valence-electron chi connectivity index (χ4n) is 4.69. The van der Waals surface area contributed by atoms with Crippen molar-refractivity contribution in [3.63, 3.8) is 0 Å². The molecule has 2 aliphatic rings. The van der Waals surface area contributed by atoms with E-state index >= 15 is 0 Å². The molecule has 2 heterocycles. The summed E-state index contributed by atoms with van der Waals surface area (Å²) in [5.41, 5.74) is 3.16. The first kappa shape index (κ1) is 20.7. The quantitative estimate of drug-likeness (QED) is 0.779. The van der Waals surface area contributed by atoms with Gasteiger partial charge in [0, 0.05) is 31.7 Å². The maximum absolute atomic E-state index is 12.5. The van der Waals surface area contributed by atoms with E-state index in [0.717, 1.165) is 56.1 Å². The van der Waals surface area contributed by atoms with Crippen LogP contribution < -0.4 is 15.5 Å². The first-order chi connectivity index (χ1) is 14.4. The second-order valence-corrected chi connectivity index (χ2v) is 8.89. The van der Waals surface area contributed by atoms with Crippen LogP contribution in [0.15, 0.2) is 10.5 Å². The van der Waals surface area contributed by atoms with Crippen molar-refractivity contribution in [1.29, 1.82) is 0 Å². The molecule has 0 bridgehead atoms. The molecular formula is C23H33N5O2. The Morgan fingerprint density at radius 2 is 1.77 bits per heavy atom. The summed E-state index contributed by atoms with van der Waals surface area (Å²) in [6, 6.07) is 2.35. The second kappa shape index (κ2) is 8.66. The molecule has 162 valence electrons. The van der Waals surface area contributed by atoms with Crippen molar-refractivity contribution in [3.05, 3.63) is 34.4 Å². The normalized spacial score (nSPS) is 21.1. The highest BCUT2D eigenvalue weighted by Gasteiger charge is 2.26. The van der Waals surface area contributed by atoms with Crippen molar-refractivity contribution in [2.45, 2.75) is 77.3 Å². The van der Waals surface area contributed by atoms with Crippen LogP contribution in [0, 0.1) is 13.8 Å². The predicted octanol–water partition coefficient (Wildman–Crippen LogP) is 3.78. The zero-order valence-corrected chi connectivity index (χ0v) is 18.5. The van der Waals surface area contributed by atoms with Crippen molar-refractivity contribution in [1.82, 2.24) is 15.3 Å². The Hall–Kier alpha value is -2.57. The van der Waals surface area contributed by atoms with Gasteiger partial charge in [-0.25, -0.2) is 4.98 Å². The molecule has 0 aromatic carbocycles. The van der Waals surface area contributed by atoms with E-state index in [1.807, 2.05) is 19.9 Å². The van der Waals surface area contributed by atoms with Gasteiger partial charge in [0.15, 0.2) is 0 Å². The third-order valence-electron chi connectivity index (χ3n) is 6.27. The summed E-state index contributed by atoms with van der Waals surface area (Å²) in [5, 5.41) is 6.74. The fourth-order valence-corrected chi connectivity index (χ4v) is 4.69. The van der Waals surface area contributed by atoms with Crippen molar-refractivity contribution in [2.24, 2.45) is 0 Å². The number of rotatable bonds is 5. The molecule has 2 aromatic rings. The number of furan rings is 1. The molecule has 1 fully saturated rings. The standard InChI is InChI=1S/C23H33N5O2/c1-14-13-19(15(2)30-14)22(29)24-16-9-11-17(12-10-16)25-23-26-20-8-6-5-7-18(20)21(27-23)28(3)4/h13,16-17H,5-12H2,1-4H3,(H,24,29)(H,25,26,27). The molecule has 2 aromatic heterocycles. The van der Waals surface area contributed by atoms with Crippen LogP contribution in [0.5, 0.6) is 0 Å². The van der Waals surface area contributed by atoms with E-state index in [4.69, 9.17) is 14.4 Å². The van der Waals surface area contributed by atoms with Gasteiger partial charge in [-0.15, -0.1) is 0 Å². The highest BCUT2D eigenvalue weighted by molar-refractivity contribution is 5.95. The van der Waals surface area contributed by atoms with E-state index in [-0.39, 0.29) is 11.9 Å². The maximum atomic E-state index is 12.5. The number of carbonyl (C=O) groups is 1. The zero-order valence-electron chi connectivity index (χ0n) is 18.5. The lowest BCUT2D eigenvalue weighted by molar-refractivity contribution is 0.0925. The van der Waals surface area contributed by atoms with E-state index in [0.29, 0.717) is 17.4 Å². The number of aromatic nitrogens is 2. The molecule has 2 aliphatic carbocycles. The Bertz CT molecular complexity index is 913. The van der Waals surface area contributed by atoms with Gasteiger partial charge in [-0.05, 0) is 71.3 Å². The average molecular weight is 412 g/mol. The zero-order chi connectivity index (χ0) is 21.3. The summed E-state index contributed by atoms with van der Waals surface area (Å²) in [6.45, 7) is 3.70. The summed E-state index contributed by atoms with van der Waals surface area (Å²) < 4.78 is 5.49. The number of nitrogens with one attached hydrogen (secondary N) is 2. The third-order valence-corrected chi connectivity index (χ3v) is 6.27. The van der Waals surface area contributed by atoms with Crippen LogP contribution in [-0.4, -0.2) is 42.1 Å². The van der Waals surface area contributed by atoms with Gasteiger partial charge in [0.25, 0.3) is 5.91 Å². The number of carbonyl (C=O) groups excluding carboxylic acids is 1. The monoisotopic (exact) mass is 411 g/mol. The smallest absolute Gasteiger partial charge is 0.255 e. The Labute approximate surface area is 178 Å². The molecule has 0 saturated heterocycles. The van der Waals surface area contributed by atoms with E-state index in [1.54, 1.807) is 0 Å². The molecule has 1 amide bonds. The summed E-state index contributed by atoms with van der Waals surface area (Å²) in [6.07, 6.45) is 8.42. The molecule has 0 atom stereocenters. The highest BCUT2D eigenvalue weighted by Crippen LogP contribution is 2.29. The van der Waals surface area contributed by atoms with Gasteiger partial charge in [0.2, 0.25) is 5.95 Å². The fraction of sp³-hybridized carbons (Fsp3) is 0.609. The number of anilines is 2. The summed E-state index contributed by atoms with van der Waals surface area (Å²) in [7, 11) is 4.11. The second-order valence-electron chi connectivity index (χ2n) is 8.89. The molecule has 1 saturated carbocycles. The lowest BCUT2D eigenvalue weighted by atomic mass is 9.91. The summed E-state index contributed by atoms with van der Waals surface area (Å²) >= 11 is 0. The lowest BCUT2D eigenvalue weighted by Gasteiger charge is -2.30. The predicted molar refractivity (Wildman–Crippen MR) is 118 cm³/mol. The van der Waals surface area contributed by atoms with E-state index in [1.165, 1.54) is 24.1 Å². The number of hydrogen-bond donors (Lipinski definition) is 2. The molecule has 4 rings (SSSR count). The molecule has 0 spiro atoms. The Balaban J connectivity index is 1.35. The van der Waals surface area contributed by atoms with Crippen LogP contribution in [0.2, 0.25) is 0 Å². The molecule has 0 radical (unpaired) electrons. The topological polar surface area (TPSA) is 83.3 Å². The molecule has 0 unspecified atom stereocenters. The van der Waals surface area contributed by atoms with Gasteiger partial charge in [0.05, 0.1) is 11.3 Å². The SMILES string of the molecule is Cc1cc(C(=O)NC2CCC(Nc3nc4c(c(N(C)C)n3)CCCC4)CC2)c(C)o1. The largest absolute Gasteiger partial charge is 0.466 e. The van der Waals surface area contributed by atoms with Gasteiger partial charge >= 0.3 is 0 Å². The highest BCUT2D eigenvalue weighted by atomic mass is 16.3. The van der Waals surface area contributed by atoms with Crippen LogP contribution in [0.4, 0.5) is 11.8 Å². The number of nitrogens with zero attached hydrogens (tertiary/aromatic N) is 3. The number of hydrogen-bond acceptors (Lipinski definition) is 6. The van der Waals surface area contributed by atoms with E-state index < -0.39 is 0 Å². The number of amides is 1. The van der Waals surface area contributed by atoms with Crippen LogP contribution in [0.1, 0.15) is 71.7 Å². The van der Waals surface area contributed by atoms with Crippen molar-refractivity contribution in [2.75, 3.05) is 24.3 Å². The van der Waals surface area contributed by atoms with E-state index in [9.17, 15) is 4.79 Å². The minimum atomic E-state index is -0.0330. The first-order valence-electron chi connectivity index (χ1n) is 11.1. The average Bonchev–Trinajstić information content (AvgIpc) is 3.07. The molecule has 2 N–H and O–H groups in total. The van der Waals surface area contributed by atoms with Gasteiger partial charge in [-0.1, -0.05) is 0 Å². The van der Waals surface area contributed by atoms with Gasteiger partial charge in [-0.2, -0.15) is 4.98 Å². The lowest BCUT2D eigenvalue weighted by Crippen LogP contribution is -2.40. The minimum absolute atomic E-state index is 0.0330. The van der Waals surface area contributed by atoms with Crippen LogP contribution in [0.25, 0.3) is 0 Å². The van der Waals surface area contributed by atoms with Crippen LogP contribution in [-0.2, 0) is 12.8 Å². The molecular weight excluding hydrogens is 378 g/mol. The summed E-state index contributed by atoms with van der Waals surface area (Å²) in [5.74, 6) is 3.22. The van der Waals surface area contributed by atoms with Crippen molar-refractivity contribution in [3.8, 4) is 0 Å². The number of aryl methyl sites for hydroxylation is 3. The first-order valence-corrected chi connectivity index (χ1v) is 11.1. The maximum Gasteiger partial charge on any atom is 0.255 e. The summed E-state index contributed by atoms with van der Waals surface area (Å²) in [4.78, 5) is 24.3. The third kappa shape index (κ3) is 4.45. The number of fused-ring (bicyclic) bond motifs is 1. The molecule has 7 heteroatoms. The van der Waals surface area contributed by atoms with Crippen molar-refractivity contribution >= 4 is 17.7 Å². The van der Waals surface area contributed by atoms with Crippen LogP contribution in [0.3, 0.4) is 0 Å². The molecule has 0 aliphatic heterocycles. The van der Waals surface area contributed by atoms with Gasteiger partial charge in [-0.3, -0.25) is 4.79 Å². The van der Waals surface area contributed by atoms with Gasteiger partial charge in [0.1, 0.15) is 17.3 Å². The van der Waals surface area contributed by atoms with Crippen molar-refractivity contribution < 1.29 is 9.21 Å². The molecule has 30 heavy (non-hydrogen) atoms. The molecule has 7 nitrogen and oxygen atoms in total. The van der Waals surface area contributed by atoms with Crippen LogP contribution >= 0.6 is 0 Å². The van der Waals surface area contributed by atoms with E-state index in [2.05, 4.69) is 29.6 Å². The van der Waals surface area contributed by atoms with Gasteiger partial charge < -0.3 is 20.0 Å². The minimum Gasteiger partial charge on any atom is -0.466 e. The Kier molecular flexibility index (Phi) is 5.97. The Morgan fingerprint density at radius 3 is 2.43 bits per heavy atom.